The summed E-state index contributed by atoms with van der Waals surface area (Å²) >= 11 is 0. The highest BCUT2D eigenvalue weighted by Gasteiger charge is 2.26. The van der Waals surface area contributed by atoms with Gasteiger partial charge in [0.25, 0.3) is 0 Å². The number of rotatable bonds is 1. The van der Waals surface area contributed by atoms with Crippen molar-refractivity contribution in [1.82, 2.24) is 4.98 Å². The van der Waals surface area contributed by atoms with E-state index in [1.54, 1.807) is 6.20 Å². The van der Waals surface area contributed by atoms with E-state index in [1.807, 2.05) is 6.92 Å². The molecule has 13 heavy (non-hydrogen) atoms. The number of halogens is 1. The maximum absolute atomic E-state index is 5.80. The van der Waals surface area contributed by atoms with Crippen molar-refractivity contribution >= 4 is 12.4 Å². The van der Waals surface area contributed by atoms with E-state index in [0.29, 0.717) is 12.0 Å². The van der Waals surface area contributed by atoms with Crippen LogP contribution in [0.25, 0.3) is 0 Å². The first kappa shape index (κ1) is 10.5. The number of hydrogen-bond acceptors (Lipinski definition) is 3. The molecule has 0 amide bonds. The third-order valence-corrected chi connectivity index (χ3v) is 2.46. The van der Waals surface area contributed by atoms with Gasteiger partial charge in [0.2, 0.25) is 0 Å². The Kier molecular flexibility index (Phi) is 3.33. The normalized spacial score (nSPS) is 27.2. The van der Waals surface area contributed by atoms with Crippen molar-refractivity contribution in [1.29, 1.82) is 0 Å². The Morgan fingerprint density at radius 2 is 2.31 bits per heavy atom. The largest absolute Gasteiger partial charge is 0.446 e. The van der Waals surface area contributed by atoms with Crippen molar-refractivity contribution in [2.24, 2.45) is 5.73 Å². The molecule has 0 aliphatic heterocycles. The summed E-state index contributed by atoms with van der Waals surface area (Å²) in [5.74, 6) is 2.24. The predicted octanol–water partition coefficient (Wildman–Crippen LogP) is 2.00. The Labute approximate surface area is 84.1 Å². The van der Waals surface area contributed by atoms with E-state index in [4.69, 9.17) is 10.2 Å². The number of oxazole rings is 1. The van der Waals surface area contributed by atoms with Crippen LogP contribution in [0.15, 0.2) is 10.6 Å². The maximum Gasteiger partial charge on any atom is 0.197 e. The Morgan fingerprint density at radius 3 is 2.77 bits per heavy atom. The summed E-state index contributed by atoms with van der Waals surface area (Å²) in [6, 6.07) is 0.349. The summed E-state index contributed by atoms with van der Waals surface area (Å²) in [4.78, 5) is 4.21. The van der Waals surface area contributed by atoms with E-state index >= 15 is 0 Å². The van der Waals surface area contributed by atoms with Crippen molar-refractivity contribution in [2.45, 2.75) is 38.1 Å². The molecule has 0 unspecified atom stereocenters. The molecule has 0 radical (unpaired) electrons. The van der Waals surface area contributed by atoms with Crippen molar-refractivity contribution in [3.63, 3.8) is 0 Å². The Morgan fingerprint density at radius 1 is 1.54 bits per heavy atom. The maximum atomic E-state index is 5.80. The fraction of sp³-hybridized carbons (Fsp3) is 0.667. The summed E-state index contributed by atoms with van der Waals surface area (Å²) < 4.78 is 5.45. The summed E-state index contributed by atoms with van der Waals surface area (Å²) in [5.41, 5.74) is 5.80. The highest BCUT2D eigenvalue weighted by atomic mass is 35.5. The van der Waals surface area contributed by atoms with Crippen LogP contribution < -0.4 is 5.73 Å². The Hall–Kier alpha value is -0.540. The molecule has 1 saturated carbocycles. The third-order valence-electron chi connectivity index (χ3n) is 2.46. The van der Waals surface area contributed by atoms with Gasteiger partial charge in [-0.05, 0) is 26.2 Å². The van der Waals surface area contributed by atoms with Gasteiger partial charge in [-0.15, -0.1) is 12.4 Å². The Bertz CT molecular complexity index is 274. The highest BCUT2D eigenvalue weighted by Crippen LogP contribution is 2.32. The van der Waals surface area contributed by atoms with Gasteiger partial charge in [-0.3, -0.25) is 0 Å². The lowest BCUT2D eigenvalue weighted by atomic mass is 10.1. The first-order valence-electron chi connectivity index (χ1n) is 4.43. The molecule has 1 aromatic heterocycles. The number of aryl methyl sites for hydroxylation is 1. The molecule has 2 rings (SSSR count). The minimum atomic E-state index is 0. The zero-order valence-electron chi connectivity index (χ0n) is 7.69. The van der Waals surface area contributed by atoms with Gasteiger partial charge in [0, 0.05) is 12.0 Å². The molecule has 2 N–H and O–H groups in total. The van der Waals surface area contributed by atoms with Crippen LogP contribution in [0.3, 0.4) is 0 Å². The minimum Gasteiger partial charge on any atom is -0.446 e. The topological polar surface area (TPSA) is 52.0 Å². The molecule has 0 spiro atoms. The lowest BCUT2D eigenvalue weighted by molar-refractivity contribution is 0.429. The van der Waals surface area contributed by atoms with E-state index < -0.39 is 0 Å². The first-order chi connectivity index (χ1) is 5.75. The molecule has 1 aromatic rings. The summed E-state index contributed by atoms with van der Waals surface area (Å²) in [5, 5.41) is 0. The van der Waals surface area contributed by atoms with Gasteiger partial charge in [-0.25, -0.2) is 4.98 Å². The lowest BCUT2D eigenvalue weighted by Gasteiger charge is -2.02. The van der Waals surface area contributed by atoms with Crippen molar-refractivity contribution in [2.75, 3.05) is 0 Å². The van der Waals surface area contributed by atoms with E-state index in [-0.39, 0.29) is 12.4 Å². The van der Waals surface area contributed by atoms with Crippen LogP contribution in [0.2, 0.25) is 0 Å². The molecule has 1 aliphatic rings. The summed E-state index contributed by atoms with van der Waals surface area (Å²) in [6.45, 7) is 1.92. The van der Waals surface area contributed by atoms with Crippen LogP contribution in [0.1, 0.15) is 36.8 Å². The quantitative estimate of drug-likeness (QED) is 0.758. The van der Waals surface area contributed by atoms with Gasteiger partial charge in [-0.2, -0.15) is 0 Å². The van der Waals surface area contributed by atoms with E-state index in [1.165, 1.54) is 0 Å². The van der Waals surface area contributed by atoms with Gasteiger partial charge in [0.1, 0.15) is 5.76 Å². The second kappa shape index (κ2) is 4.11. The SMILES string of the molecule is Cc1cnc([C@@H]2CC[C@H](N)C2)o1.Cl. The monoisotopic (exact) mass is 202 g/mol. The molecule has 0 saturated heterocycles. The fourth-order valence-electron chi connectivity index (χ4n) is 1.80. The van der Waals surface area contributed by atoms with Gasteiger partial charge < -0.3 is 10.2 Å². The number of nitrogens with zero attached hydrogens (tertiary/aromatic N) is 1. The average Bonchev–Trinajstić information content (AvgIpc) is 2.58. The standard InChI is InChI=1S/C9H14N2O.ClH/c1-6-5-11-9(12-6)7-2-3-8(10)4-7;/h5,7-8H,2-4,10H2,1H3;1H/t7-,8+;/m1./s1. The number of nitrogens with two attached hydrogens (primary N) is 1. The third kappa shape index (κ3) is 2.23. The minimum absolute atomic E-state index is 0. The van der Waals surface area contributed by atoms with E-state index in [2.05, 4.69) is 4.98 Å². The van der Waals surface area contributed by atoms with Crippen molar-refractivity contribution in [3.8, 4) is 0 Å². The molecular formula is C9H15ClN2O. The molecule has 74 valence electrons. The lowest BCUT2D eigenvalue weighted by Crippen LogP contribution is -2.14. The highest BCUT2D eigenvalue weighted by molar-refractivity contribution is 5.85. The van der Waals surface area contributed by atoms with E-state index in [0.717, 1.165) is 30.9 Å². The first-order valence-corrected chi connectivity index (χ1v) is 4.43. The molecule has 2 atom stereocenters. The van der Waals surface area contributed by atoms with Crippen LogP contribution >= 0.6 is 12.4 Å². The van der Waals surface area contributed by atoms with Gasteiger partial charge in [0.15, 0.2) is 5.89 Å². The van der Waals surface area contributed by atoms with Crippen LogP contribution in [-0.4, -0.2) is 11.0 Å². The van der Waals surface area contributed by atoms with Crippen molar-refractivity contribution < 1.29 is 4.42 Å². The van der Waals surface area contributed by atoms with Crippen LogP contribution in [-0.2, 0) is 0 Å². The van der Waals surface area contributed by atoms with E-state index in [9.17, 15) is 0 Å². The molecule has 1 aliphatic carbocycles. The molecule has 0 aromatic carbocycles. The van der Waals surface area contributed by atoms with Crippen molar-refractivity contribution in [3.05, 3.63) is 17.8 Å². The van der Waals surface area contributed by atoms with Gasteiger partial charge >= 0.3 is 0 Å². The number of aromatic nitrogens is 1. The molecule has 1 heterocycles. The molecule has 0 bridgehead atoms. The van der Waals surface area contributed by atoms with Crippen LogP contribution in [0, 0.1) is 6.92 Å². The average molecular weight is 203 g/mol. The zero-order chi connectivity index (χ0) is 8.55. The molecular weight excluding hydrogens is 188 g/mol. The molecule has 1 fully saturated rings. The van der Waals surface area contributed by atoms with Gasteiger partial charge in [0.05, 0.1) is 6.20 Å². The summed E-state index contributed by atoms with van der Waals surface area (Å²) in [6.07, 6.45) is 5.03. The molecule has 4 heteroatoms. The second-order valence-electron chi connectivity index (χ2n) is 3.58. The zero-order valence-corrected chi connectivity index (χ0v) is 8.51. The fourth-order valence-corrected chi connectivity index (χ4v) is 1.80. The Balaban J connectivity index is 0.000000845. The summed E-state index contributed by atoms with van der Waals surface area (Å²) in [7, 11) is 0. The van der Waals surface area contributed by atoms with Gasteiger partial charge in [-0.1, -0.05) is 0 Å². The predicted molar refractivity (Wildman–Crippen MR) is 53.1 cm³/mol. The second-order valence-corrected chi connectivity index (χ2v) is 3.58. The molecule has 3 nitrogen and oxygen atoms in total. The van der Waals surface area contributed by atoms with Crippen LogP contribution in [0.4, 0.5) is 0 Å². The van der Waals surface area contributed by atoms with Crippen LogP contribution in [0.5, 0.6) is 0 Å². The number of hydrogen-bond donors (Lipinski definition) is 1. The smallest absolute Gasteiger partial charge is 0.197 e.